The molecule has 0 amide bonds. The summed E-state index contributed by atoms with van der Waals surface area (Å²) in [6.45, 7) is 11.5. The van der Waals surface area contributed by atoms with Gasteiger partial charge in [0.25, 0.3) is 0 Å². The Labute approximate surface area is 284 Å². The number of allylic oxidation sites excluding steroid dienone is 4. The molecule has 0 radical (unpaired) electrons. The van der Waals surface area contributed by atoms with Gasteiger partial charge < -0.3 is 34.6 Å². The van der Waals surface area contributed by atoms with Crippen molar-refractivity contribution in [2.24, 2.45) is 17.8 Å². The second-order valence-electron chi connectivity index (χ2n) is 13.7. The maximum atomic E-state index is 13.0. The van der Waals surface area contributed by atoms with E-state index in [0.717, 1.165) is 30.6 Å². The van der Waals surface area contributed by atoms with Crippen LogP contribution in [0.4, 0.5) is 0 Å². The molecule has 2 saturated heterocycles. The van der Waals surface area contributed by atoms with Crippen molar-refractivity contribution in [3.8, 4) is 0 Å². The van der Waals surface area contributed by atoms with Crippen LogP contribution in [0.5, 0.6) is 0 Å². The van der Waals surface area contributed by atoms with Crippen molar-refractivity contribution in [1.82, 2.24) is 0 Å². The molecule has 4 N–H and O–H groups in total. The lowest BCUT2D eigenvalue weighted by Crippen LogP contribution is -2.59. The number of hydrogen-bond donors (Lipinski definition) is 4. The molecule has 0 unspecified atom stereocenters. The molecule has 268 valence electrons. The molecular formula is C37H54O11. The number of hydrogen-bond acceptors (Lipinski definition) is 8. The summed E-state index contributed by atoms with van der Waals surface area (Å²) >= 11 is 0. The van der Waals surface area contributed by atoms with Crippen LogP contribution >= 0.6 is 0 Å². The van der Waals surface area contributed by atoms with Gasteiger partial charge in [0, 0.05) is 30.9 Å². The second kappa shape index (κ2) is 18.9. The van der Waals surface area contributed by atoms with Crippen LogP contribution in [0.15, 0.2) is 59.8 Å². The first kappa shape index (κ1) is 40.6. The highest BCUT2D eigenvalue weighted by molar-refractivity contribution is 5.81. The summed E-state index contributed by atoms with van der Waals surface area (Å²) in [5.74, 6) is -4.71. The lowest BCUT2D eigenvalue weighted by molar-refractivity contribution is -0.345. The molecule has 2 aliphatic heterocycles. The lowest BCUT2D eigenvalue weighted by Gasteiger charge is -2.53. The quantitative estimate of drug-likeness (QED) is 0.0765. The first-order valence-corrected chi connectivity index (χ1v) is 16.8. The molecule has 0 aromatic carbocycles. The maximum absolute atomic E-state index is 13.0. The molecule has 0 aromatic rings. The van der Waals surface area contributed by atoms with E-state index in [2.05, 4.69) is 20.8 Å². The van der Waals surface area contributed by atoms with Crippen LogP contribution in [0, 0.1) is 17.8 Å². The van der Waals surface area contributed by atoms with E-state index in [0.29, 0.717) is 43.6 Å². The first-order valence-electron chi connectivity index (χ1n) is 16.8. The van der Waals surface area contributed by atoms with Crippen molar-refractivity contribution in [3.63, 3.8) is 0 Å². The topological polar surface area (TPSA) is 177 Å². The van der Waals surface area contributed by atoms with Gasteiger partial charge in [0.1, 0.15) is 11.7 Å². The number of aliphatic carboxylic acids is 3. The van der Waals surface area contributed by atoms with Gasteiger partial charge in [-0.2, -0.15) is 0 Å². The normalized spacial score (nSPS) is 28.4. The summed E-state index contributed by atoms with van der Waals surface area (Å²) in [5.41, 5.74) is 0.292. The Hall–Kier alpha value is -3.54. The number of carbonyl (C=O) groups excluding carboxylic acids is 1. The number of carboxylic acids is 3. The fourth-order valence-corrected chi connectivity index (χ4v) is 5.86. The number of rotatable bonds is 17. The highest BCUT2D eigenvalue weighted by Crippen LogP contribution is 2.48. The van der Waals surface area contributed by atoms with Crippen LogP contribution in [0.25, 0.3) is 0 Å². The highest BCUT2D eigenvalue weighted by Gasteiger charge is 2.54. The minimum Gasteiger partial charge on any atom is -0.481 e. The van der Waals surface area contributed by atoms with Crippen molar-refractivity contribution in [1.29, 1.82) is 0 Å². The Morgan fingerprint density at radius 2 is 1.60 bits per heavy atom. The van der Waals surface area contributed by atoms with Crippen LogP contribution in [-0.2, 0) is 33.4 Å². The molecule has 11 heteroatoms. The number of aliphatic hydroxyl groups is 1. The maximum Gasteiger partial charge on any atom is 0.328 e. The summed E-state index contributed by atoms with van der Waals surface area (Å²) < 4.78 is 19.6. The second-order valence-corrected chi connectivity index (χ2v) is 13.7. The van der Waals surface area contributed by atoms with Crippen LogP contribution in [0.1, 0.15) is 99.3 Å². The summed E-state index contributed by atoms with van der Waals surface area (Å²) in [7, 11) is 0. The van der Waals surface area contributed by atoms with Crippen LogP contribution in [0.3, 0.4) is 0 Å². The predicted octanol–water partition coefficient (Wildman–Crippen LogP) is 6.38. The zero-order valence-electron chi connectivity index (χ0n) is 29.1. The van der Waals surface area contributed by atoms with Gasteiger partial charge in [-0.05, 0) is 63.4 Å². The molecule has 1 spiro atoms. The van der Waals surface area contributed by atoms with E-state index in [-0.39, 0.29) is 30.8 Å². The number of ether oxygens (including phenoxy) is 3. The largest absolute Gasteiger partial charge is 0.481 e. The third-order valence-electron chi connectivity index (χ3n) is 8.97. The van der Waals surface area contributed by atoms with E-state index in [1.54, 1.807) is 38.2 Å². The van der Waals surface area contributed by atoms with Gasteiger partial charge in [0.2, 0.25) is 0 Å². The van der Waals surface area contributed by atoms with Crippen molar-refractivity contribution < 1.29 is 53.8 Å². The smallest absolute Gasteiger partial charge is 0.328 e. The summed E-state index contributed by atoms with van der Waals surface area (Å²) in [4.78, 5) is 46.2. The predicted molar refractivity (Wildman–Crippen MR) is 180 cm³/mol. The zero-order chi connectivity index (χ0) is 36.1. The molecule has 2 heterocycles. The molecule has 11 nitrogen and oxygen atoms in total. The van der Waals surface area contributed by atoms with E-state index in [9.17, 15) is 29.4 Å². The molecule has 0 aliphatic carbocycles. The van der Waals surface area contributed by atoms with Gasteiger partial charge >= 0.3 is 23.9 Å². The van der Waals surface area contributed by atoms with Gasteiger partial charge in [-0.25, -0.2) is 9.59 Å². The Balaban J connectivity index is 2.34. The van der Waals surface area contributed by atoms with Crippen LogP contribution < -0.4 is 0 Å². The summed E-state index contributed by atoms with van der Waals surface area (Å²) in [6.07, 6.45) is 14.0. The number of esters is 1. The molecular weight excluding hydrogens is 620 g/mol. The van der Waals surface area contributed by atoms with Crippen molar-refractivity contribution >= 4 is 23.9 Å². The van der Waals surface area contributed by atoms with E-state index >= 15 is 0 Å². The van der Waals surface area contributed by atoms with E-state index < -0.39 is 47.5 Å². The van der Waals surface area contributed by atoms with Crippen LogP contribution in [0.2, 0.25) is 0 Å². The third-order valence-corrected chi connectivity index (χ3v) is 8.97. The molecule has 7 atom stereocenters. The molecule has 2 rings (SSSR count). The fraction of sp³-hybridized carbons (Fsp3) is 0.622. The fourth-order valence-electron chi connectivity index (χ4n) is 5.86. The molecule has 2 aliphatic rings. The molecule has 0 bridgehead atoms. The summed E-state index contributed by atoms with van der Waals surface area (Å²) in [5, 5.41) is 37.6. The Morgan fingerprint density at radius 1 is 0.896 bits per heavy atom. The average molecular weight is 675 g/mol. The zero-order valence-corrected chi connectivity index (χ0v) is 29.1. The van der Waals surface area contributed by atoms with Gasteiger partial charge in [-0.1, -0.05) is 69.7 Å². The Bertz CT molecular complexity index is 1280. The monoisotopic (exact) mass is 674 g/mol. The van der Waals surface area contributed by atoms with Crippen molar-refractivity contribution in [3.05, 3.63) is 59.8 Å². The standard InChI is InChI=1S/C37H54O11/c1-24(2)17-19-36(48-35(45)16-15-33(41)42)21-22-37(47-31(36)13-9-26(4)23-34(43)44)20-18-28(6)30(46-37)12-8-25(3)7-11-29(38)27(5)10-14-32(39)40/h7-11,13-14,23-24,27-31,38H,12,15-22H2,1-6H3,(H,39,40)(H,41,42)(H,43,44)/b11-7+,13-9+,14-10+,25-8-,26-23+/t27-,28-,29-,30+,31-,36+,37-/m0/s1. The average Bonchev–Trinajstić information content (AvgIpc) is 3.01. The van der Waals surface area contributed by atoms with Crippen molar-refractivity contribution in [2.75, 3.05) is 0 Å². The Kier molecular flexibility index (Phi) is 16.0. The highest BCUT2D eigenvalue weighted by atomic mass is 16.7. The minimum atomic E-state index is -1.10. The molecule has 48 heavy (non-hydrogen) atoms. The molecule has 0 saturated carbocycles. The SMILES string of the molecule is CC(=C/C[C@H]1O[C@]2(CC[C@@H]1C)CC[C@@](CCC(C)C)(OC(=O)CCC(=O)O)[C@H](/C=C/C(C)=C/C(=O)O)O2)/C=C/[C@H](O)[C@@H](C)/C=C/C(=O)O. The van der Waals surface area contributed by atoms with Crippen molar-refractivity contribution in [2.45, 2.75) is 129 Å². The third kappa shape index (κ3) is 13.5. The Morgan fingerprint density at radius 3 is 2.23 bits per heavy atom. The molecule has 0 aromatic heterocycles. The number of aliphatic hydroxyl groups excluding tert-OH is 1. The number of carboxylic acid groups (broad SMARTS) is 3. The van der Waals surface area contributed by atoms with Gasteiger partial charge in [0.15, 0.2) is 5.79 Å². The van der Waals surface area contributed by atoms with Gasteiger partial charge in [-0.15, -0.1) is 0 Å². The van der Waals surface area contributed by atoms with Crippen LogP contribution in [-0.4, -0.2) is 74.0 Å². The van der Waals surface area contributed by atoms with E-state index in [1.807, 2.05) is 13.0 Å². The van der Waals surface area contributed by atoms with E-state index in [1.165, 1.54) is 6.08 Å². The first-order chi connectivity index (χ1) is 22.5. The summed E-state index contributed by atoms with van der Waals surface area (Å²) in [6, 6.07) is 0. The van der Waals surface area contributed by atoms with Gasteiger partial charge in [0.05, 0.1) is 25.0 Å². The number of carbonyl (C=O) groups is 4. The lowest BCUT2D eigenvalue weighted by atomic mass is 9.77. The minimum absolute atomic E-state index is 0.191. The van der Waals surface area contributed by atoms with E-state index in [4.69, 9.17) is 24.4 Å². The molecule has 2 fully saturated rings. The van der Waals surface area contributed by atoms with Gasteiger partial charge in [-0.3, -0.25) is 9.59 Å².